The van der Waals surface area contributed by atoms with Crippen molar-refractivity contribution >= 4 is 12.4 Å². The van der Waals surface area contributed by atoms with Crippen LogP contribution in [0.5, 0.6) is 0 Å². The molecule has 3 N–H and O–H groups in total. The first kappa shape index (κ1) is 11.5. The summed E-state index contributed by atoms with van der Waals surface area (Å²) in [5, 5.41) is 0. The van der Waals surface area contributed by atoms with Gasteiger partial charge in [0, 0.05) is 17.9 Å². The summed E-state index contributed by atoms with van der Waals surface area (Å²) in [6.07, 6.45) is 3.04. The Balaban J connectivity index is 0.00000121. The number of hydrogen-bond acceptors (Lipinski definition) is 1. The second kappa shape index (κ2) is 5.22. The monoisotopic (exact) mass is 188 g/mol. The fraction of sp³-hybridized carbons (Fsp3) is 0.556. The third kappa shape index (κ3) is 2.54. The first-order valence-corrected chi connectivity index (χ1v) is 4.14. The number of nitrogens with two attached hydrogens (primary N) is 1. The fourth-order valence-corrected chi connectivity index (χ4v) is 1.11. The number of aromatic nitrogens is 1. The predicted molar refractivity (Wildman–Crippen MR) is 54.4 cm³/mol. The van der Waals surface area contributed by atoms with Crippen LogP contribution in [0.15, 0.2) is 18.3 Å². The van der Waals surface area contributed by atoms with Crippen LogP contribution in [-0.2, 0) is 0 Å². The Labute approximate surface area is 80.0 Å². The highest BCUT2D eigenvalue weighted by atomic mass is 35.5. The zero-order valence-corrected chi connectivity index (χ0v) is 8.40. The lowest BCUT2D eigenvalue weighted by Gasteiger charge is -2.16. The van der Waals surface area contributed by atoms with Gasteiger partial charge >= 0.3 is 0 Å². The summed E-state index contributed by atoms with van der Waals surface area (Å²) in [6.45, 7) is 4.33. The lowest BCUT2D eigenvalue weighted by Crippen LogP contribution is -2.18. The molecule has 0 aliphatic heterocycles. The lowest BCUT2D eigenvalue weighted by molar-refractivity contribution is 0.450. The highest BCUT2D eigenvalue weighted by Gasteiger charge is 2.12. The van der Waals surface area contributed by atoms with Gasteiger partial charge in [0.1, 0.15) is 0 Å². The number of nitrogens with one attached hydrogen (secondary N) is 1. The average Bonchev–Trinajstić information content (AvgIpc) is 2.53. The summed E-state index contributed by atoms with van der Waals surface area (Å²) in [4.78, 5) is 3.13. The van der Waals surface area contributed by atoms with Gasteiger partial charge in [-0.15, -0.1) is 12.4 Å². The van der Waals surface area contributed by atoms with Crippen molar-refractivity contribution in [2.24, 2.45) is 11.7 Å². The molecule has 1 unspecified atom stereocenters. The average molecular weight is 189 g/mol. The number of hydrogen-bond donors (Lipinski definition) is 2. The van der Waals surface area contributed by atoms with Crippen LogP contribution in [0.1, 0.15) is 32.0 Å². The van der Waals surface area contributed by atoms with E-state index < -0.39 is 0 Å². The molecule has 70 valence electrons. The summed E-state index contributed by atoms with van der Waals surface area (Å²) in [7, 11) is 0. The van der Waals surface area contributed by atoms with Crippen LogP contribution in [0.25, 0.3) is 0 Å². The van der Waals surface area contributed by atoms with Crippen molar-refractivity contribution in [2.75, 3.05) is 0 Å². The minimum absolute atomic E-state index is 0. The number of rotatable bonds is 3. The third-order valence-electron chi connectivity index (χ3n) is 2.24. The predicted octanol–water partition coefficient (Wildman–Crippen LogP) is 2.48. The van der Waals surface area contributed by atoms with Gasteiger partial charge in [-0.05, 0) is 18.1 Å². The highest BCUT2D eigenvalue weighted by Crippen LogP contribution is 2.19. The normalized spacial score (nSPS) is 14.9. The summed E-state index contributed by atoms with van der Waals surface area (Å²) >= 11 is 0. The van der Waals surface area contributed by atoms with Gasteiger partial charge in [-0.3, -0.25) is 0 Å². The van der Waals surface area contributed by atoms with Crippen molar-refractivity contribution in [3.63, 3.8) is 0 Å². The summed E-state index contributed by atoms with van der Waals surface area (Å²) < 4.78 is 0. The van der Waals surface area contributed by atoms with Crippen molar-refractivity contribution in [3.8, 4) is 0 Å². The Morgan fingerprint density at radius 1 is 1.58 bits per heavy atom. The van der Waals surface area contributed by atoms with Gasteiger partial charge in [0.2, 0.25) is 0 Å². The summed E-state index contributed by atoms with van der Waals surface area (Å²) in [5.74, 6) is 0.550. The molecule has 1 heterocycles. The van der Waals surface area contributed by atoms with Gasteiger partial charge in [0.05, 0.1) is 0 Å². The van der Waals surface area contributed by atoms with Crippen molar-refractivity contribution in [2.45, 2.75) is 26.3 Å². The van der Waals surface area contributed by atoms with Crippen molar-refractivity contribution in [1.29, 1.82) is 0 Å². The molecule has 0 bridgehead atoms. The van der Waals surface area contributed by atoms with Gasteiger partial charge < -0.3 is 10.7 Å². The minimum atomic E-state index is 0. The van der Waals surface area contributed by atoms with E-state index in [2.05, 4.69) is 18.8 Å². The van der Waals surface area contributed by atoms with E-state index in [1.807, 2.05) is 18.3 Å². The first-order chi connectivity index (χ1) is 5.25. The molecular formula is C9H17ClN2. The zero-order chi connectivity index (χ0) is 8.27. The molecule has 0 fully saturated rings. The van der Waals surface area contributed by atoms with Crippen LogP contribution in [0.3, 0.4) is 0 Å². The smallest absolute Gasteiger partial charge is 0.0473 e. The van der Waals surface area contributed by atoms with Crippen molar-refractivity contribution < 1.29 is 0 Å². The molecule has 0 aliphatic rings. The SMILES string of the molecule is CCC(C)[C@H](N)c1ccc[nH]1.Cl. The second-order valence-electron chi connectivity index (χ2n) is 3.04. The molecule has 0 radical (unpaired) electrons. The first-order valence-electron chi connectivity index (χ1n) is 4.14. The zero-order valence-electron chi connectivity index (χ0n) is 7.58. The van der Waals surface area contributed by atoms with Gasteiger partial charge in [-0.2, -0.15) is 0 Å². The quantitative estimate of drug-likeness (QED) is 0.752. The molecule has 12 heavy (non-hydrogen) atoms. The Kier molecular flexibility index (Phi) is 5.02. The standard InChI is InChI=1S/C9H16N2.ClH/c1-3-7(2)9(10)8-5-4-6-11-8;/h4-7,9,11H,3,10H2,1-2H3;1H/t7?,9-;/m0./s1. The van der Waals surface area contributed by atoms with E-state index in [9.17, 15) is 0 Å². The molecule has 1 aromatic rings. The molecule has 0 saturated heterocycles. The topological polar surface area (TPSA) is 41.8 Å². The number of halogens is 1. The van der Waals surface area contributed by atoms with E-state index in [0.717, 1.165) is 12.1 Å². The largest absolute Gasteiger partial charge is 0.364 e. The molecule has 0 amide bonds. The molecule has 0 aromatic carbocycles. The van der Waals surface area contributed by atoms with Crippen LogP contribution < -0.4 is 5.73 Å². The van der Waals surface area contributed by atoms with E-state index in [4.69, 9.17) is 5.73 Å². The maximum Gasteiger partial charge on any atom is 0.0473 e. The number of aromatic amines is 1. The van der Waals surface area contributed by atoms with E-state index in [-0.39, 0.29) is 18.4 Å². The molecule has 3 heteroatoms. The number of H-pyrrole nitrogens is 1. The van der Waals surface area contributed by atoms with E-state index in [1.165, 1.54) is 0 Å². The molecule has 2 nitrogen and oxygen atoms in total. The Morgan fingerprint density at radius 3 is 2.67 bits per heavy atom. The molecule has 0 spiro atoms. The Hall–Kier alpha value is -0.470. The van der Waals surface area contributed by atoms with Crippen LogP contribution in [0.2, 0.25) is 0 Å². The van der Waals surface area contributed by atoms with Crippen LogP contribution in [-0.4, -0.2) is 4.98 Å². The highest BCUT2D eigenvalue weighted by molar-refractivity contribution is 5.85. The molecule has 1 aromatic heterocycles. The van der Waals surface area contributed by atoms with E-state index in [0.29, 0.717) is 5.92 Å². The molecular weight excluding hydrogens is 172 g/mol. The second-order valence-corrected chi connectivity index (χ2v) is 3.04. The molecule has 1 rings (SSSR count). The van der Waals surface area contributed by atoms with Gasteiger partial charge in [0.15, 0.2) is 0 Å². The minimum Gasteiger partial charge on any atom is -0.364 e. The molecule has 0 saturated carbocycles. The van der Waals surface area contributed by atoms with E-state index >= 15 is 0 Å². The van der Waals surface area contributed by atoms with Gasteiger partial charge in [0.25, 0.3) is 0 Å². The molecule has 2 atom stereocenters. The van der Waals surface area contributed by atoms with Crippen LogP contribution in [0.4, 0.5) is 0 Å². The lowest BCUT2D eigenvalue weighted by atomic mass is 9.98. The Bertz CT molecular complexity index is 196. The van der Waals surface area contributed by atoms with Gasteiger partial charge in [-0.25, -0.2) is 0 Å². The van der Waals surface area contributed by atoms with Crippen LogP contribution in [0, 0.1) is 5.92 Å². The van der Waals surface area contributed by atoms with Crippen molar-refractivity contribution in [3.05, 3.63) is 24.0 Å². The van der Waals surface area contributed by atoms with Crippen LogP contribution >= 0.6 is 12.4 Å². The third-order valence-corrected chi connectivity index (χ3v) is 2.24. The van der Waals surface area contributed by atoms with Gasteiger partial charge in [-0.1, -0.05) is 20.3 Å². The summed E-state index contributed by atoms with van der Waals surface area (Å²) in [5.41, 5.74) is 7.10. The fourth-order valence-electron chi connectivity index (χ4n) is 1.11. The van der Waals surface area contributed by atoms with E-state index in [1.54, 1.807) is 0 Å². The molecule has 0 aliphatic carbocycles. The van der Waals surface area contributed by atoms with Crippen molar-refractivity contribution in [1.82, 2.24) is 4.98 Å². The Morgan fingerprint density at radius 2 is 2.25 bits per heavy atom. The summed E-state index contributed by atoms with van der Waals surface area (Å²) in [6, 6.07) is 4.18. The maximum absolute atomic E-state index is 5.96. The maximum atomic E-state index is 5.96.